The molecule has 1 aliphatic rings. The maximum Gasteiger partial charge on any atom is 0.220 e. The van der Waals surface area contributed by atoms with Gasteiger partial charge in [-0.3, -0.25) is 4.79 Å². The molecule has 2 N–H and O–H groups in total. The van der Waals surface area contributed by atoms with Crippen molar-refractivity contribution in [3.63, 3.8) is 0 Å². The molecule has 1 saturated heterocycles. The lowest BCUT2D eigenvalue weighted by atomic mass is 10.1. The number of rotatable bonds is 5. The Bertz CT molecular complexity index is 397. The van der Waals surface area contributed by atoms with E-state index in [0.717, 1.165) is 19.6 Å². The van der Waals surface area contributed by atoms with Crippen LogP contribution in [-0.4, -0.2) is 38.3 Å². The molecule has 0 saturated carbocycles. The summed E-state index contributed by atoms with van der Waals surface area (Å²) in [6, 6.07) is 8.57. The summed E-state index contributed by atoms with van der Waals surface area (Å²) in [5, 5.41) is 6.27. The van der Waals surface area contributed by atoms with E-state index in [1.807, 2.05) is 0 Å². The molecule has 4 nitrogen and oxygen atoms in total. The van der Waals surface area contributed by atoms with Crippen LogP contribution >= 0.6 is 0 Å². The van der Waals surface area contributed by atoms with E-state index >= 15 is 0 Å². The van der Waals surface area contributed by atoms with Crippen LogP contribution in [0.25, 0.3) is 0 Å². The van der Waals surface area contributed by atoms with Crippen molar-refractivity contribution in [2.45, 2.75) is 25.8 Å². The molecule has 104 valence electrons. The molecule has 1 heterocycles. The number of hydrogen-bond acceptors (Lipinski definition) is 3. The van der Waals surface area contributed by atoms with Gasteiger partial charge >= 0.3 is 0 Å². The lowest BCUT2D eigenvalue weighted by molar-refractivity contribution is -0.121. The van der Waals surface area contributed by atoms with Crippen LogP contribution in [0.5, 0.6) is 0 Å². The largest absolute Gasteiger partial charge is 0.378 e. The van der Waals surface area contributed by atoms with Crippen LogP contribution < -0.4 is 10.6 Å². The SMILES string of the molecule is Cc1ccc(CCC(=O)NCC2COCCN2)cc1. The summed E-state index contributed by atoms with van der Waals surface area (Å²) < 4.78 is 5.34. The number of amides is 1. The number of benzene rings is 1. The second-order valence-electron chi connectivity index (χ2n) is 5.02. The predicted molar refractivity (Wildman–Crippen MR) is 75.1 cm³/mol. The third-order valence-corrected chi connectivity index (χ3v) is 3.31. The number of morpholine rings is 1. The Labute approximate surface area is 114 Å². The van der Waals surface area contributed by atoms with Gasteiger partial charge in [-0.05, 0) is 18.9 Å². The summed E-state index contributed by atoms with van der Waals surface area (Å²) >= 11 is 0. The van der Waals surface area contributed by atoms with Gasteiger partial charge in [-0.2, -0.15) is 0 Å². The average molecular weight is 262 g/mol. The Balaban J connectivity index is 1.65. The number of carbonyl (C=O) groups is 1. The molecular formula is C15H22N2O2. The van der Waals surface area contributed by atoms with Gasteiger partial charge in [0.2, 0.25) is 5.91 Å². The third kappa shape index (κ3) is 5.01. The predicted octanol–water partition coefficient (Wildman–Crippen LogP) is 1.03. The number of carbonyl (C=O) groups excluding carboxylic acids is 1. The van der Waals surface area contributed by atoms with E-state index in [4.69, 9.17) is 4.74 Å². The monoisotopic (exact) mass is 262 g/mol. The molecule has 0 aliphatic carbocycles. The molecule has 1 unspecified atom stereocenters. The maximum absolute atomic E-state index is 11.7. The molecule has 0 spiro atoms. The first kappa shape index (κ1) is 14.0. The molecule has 1 fully saturated rings. The zero-order valence-electron chi connectivity index (χ0n) is 11.4. The minimum Gasteiger partial charge on any atom is -0.378 e. The van der Waals surface area contributed by atoms with Gasteiger partial charge in [-0.15, -0.1) is 0 Å². The lowest BCUT2D eigenvalue weighted by Gasteiger charge is -2.23. The summed E-state index contributed by atoms with van der Waals surface area (Å²) in [6.07, 6.45) is 1.33. The molecule has 0 aromatic heterocycles. The first-order chi connectivity index (χ1) is 9.24. The molecule has 1 aliphatic heterocycles. The summed E-state index contributed by atoms with van der Waals surface area (Å²) in [7, 11) is 0. The number of nitrogens with one attached hydrogen (secondary N) is 2. The Morgan fingerprint density at radius 3 is 2.89 bits per heavy atom. The molecule has 2 rings (SSSR count). The van der Waals surface area contributed by atoms with Crippen LogP contribution in [0.1, 0.15) is 17.5 Å². The molecular weight excluding hydrogens is 240 g/mol. The summed E-state index contributed by atoms with van der Waals surface area (Å²) in [5.74, 6) is 0.105. The van der Waals surface area contributed by atoms with E-state index in [1.54, 1.807) is 0 Å². The first-order valence-corrected chi connectivity index (χ1v) is 6.87. The van der Waals surface area contributed by atoms with Crippen molar-refractivity contribution in [3.8, 4) is 0 Å². The van der Waals surface area contributed by atoms with Crippen LogP contribution in [-0.2, 0) is 16.0 Å². The minimum atomic E-state index is 0.105. The van der Waals surface area contributed by atoms with Crippen LogP contribution in [0, 0.1) is 6.92 Å². The first-order valence-electron chi connectivity index (χ1n) is 6.87. The fourth-order valence-corrected chi connectivity index (χ4v) is 2.09. The average Bonchev–Trinajstić information content (AvgIpc) is 2.45. The standard InChI is InChI=1S/C15H22N2O2/c1-12-2-4-13(5-3-12)6-7-15(18)17-10-14-11-19-9-8-16-14/h2-5,14,16H,6-11H2,1H3,(H,17,18). The van der Waals surface area contributed by atoms with Crippen molar-refractivity contribution in [3.05, 3.63) is 35.4 Å². The van der Waals surface area contributed by atoms with Crippen molar-refractivity contribution in [2.24, 2.45) is 0 Å². The highest BCUT2D eigenvalue weighted by Gasteiger charge is 2.13. The highest BCUT2D eigenvalue weighted by Crippen LogP contribution is 2.05. The highest BCUT2D eigenvalue weighted by atomic mass is 16.5. The van der Waals surface area contributed by atoms with Gasteiger partial charge in [0, 0.05) is 25.6 Å². The number of ether oxygens (including phenoxy) is 1. The lowest BCUT2D eigenvalue weighted by Crippen LogP contribution is -2.48. The Morgan fingerprint density at radius 2 is 2.21 bits per heavy atom. The van der Waals surface area contributed by atoms with E-state index in [2.05, 4.69) is 41.8 Å². The van der Waals surface area contributed by atoms with E-state index < -0.39 is 0 Å². The molecule has 4 heteroatoms. The number of aryl methyl sites for hydroxylation is 2. The fourth-order valence-electron chi connectivity index (χ4n) is 2.09. The number of hydrogen-bond donors (Lipinski definition) is 2. The normalized spacial score (nSPS) is 19.1. The minimum absolute atomic E-state index is 0.105. The fraction of sp³-hybridized carbons (Fsp3) is 0.533. The van der Waals surface area contributed by atoms with Crippen molar-refractivity contribution in [2.75, 3.05) is 26.3 Å². The van der Waals surface area contributed by atoms with Crippen molar-refractivity contribution in [1.29, 1.82) is 0 Å². The molecule has 1 amide bonds. The molecule has 1 aromatic rings. The second kappa shape index (κ2) is 7.26. The van der Waals surface area contributed by atoms with Crippen LogP contribution in [0.4, 0.5) is 0 Å². The van der Waals surface area contributed by atoms with Gasteiger partial charge in [0.15, 0.2) is 0 Å². The van der Waals surface area contributed by atoms with Gasteiger partial charge in [-0.25, -0.2) is 0 Å². The van der Waals surface area contributed by atoms with Gasteiger partial charge < -0.3 is 15.4 Å². The Hall–Kier alpha value is -1.39. The summed E-state index contributed by atoms with van der Waals surface area (Å²) in [6.45, 7) is 5.02. The van der Waals surface area contributed by atoms with Gasteiger partial charge in [-0.1, -0.05) is 29.8 Å². The van der Waals surface area contributed by atoms with Crippen molar-refractivity contribution < 1.29 is 9.53 Å². The van der Waals surface area contributed by atoms with Crippen molar-refractivity contribution >= 4 is 5.91 Å². The van der Waals surface area contributed by atoms with Gasteiger partial charge in [0.1, 0.15) is 0 Å². The maximum atomic E-state index is 11.7. The van der Waals surface area contributed by atoms with E-state index in [1.165, 1.54) is 11.1 Å². The Morgan fingerprint density at radius 1 is 1.42 bits per heavy atom. The third-order valence-electron chi connectivity index (χ3n) is 3.31. The molecule has 1 aromatic carbocycles. The van der Waals surface area contributed by atoms with Gasteiger partial charge in [0.05, 0.1) is 13.2 Å². The molecule has 0 bridgehead atoms. The molecule has 0 radical (unpaired) electrons. The topological polar surface area (TPSA) is 50.4 Å². The van der Waals surface area contributed by atoms with Crippen LogP contribution in [0.3, 0.4) is 0 Å². The van der Waals surface area contributed by atoms with Crippen LogP contribution in [0.2, 0.25) is 0 Å². The molecule has 1 atom stereocenters. The second-order valence-corrected chi connectivity index (χ2v) is 5.02. The van der Waals surface area contributed by atoms with E-state index in [0.29, 0.717) is 19.6 Å². The molecule has 19 heavy (non-hydrogen) atoms. The van der Waals surface area contributed by atoms with E-state index in [-0.39, 0.29) is 11.9 Å². The van der Waals surface area contributed by atoms with Crippen molar-refractivity contribution in [1.82, 2.24) is 10.6 Å². The Kier molecular flexibility index (Phi) is 5.36. The quantitative estimate of drug-likeness (QED) is 0.833. The van der Waals surface area contributed by atoms with Crippen LogP contribution in [0.15, 0.2) is 24.3 Å². The summed E-state index contributed by atoms with van der Waals surface area (Å²) in [5.41, 5.74) is 2.46. The zero-order chi connectivity index (χ0) is 13.5. The highest BCUT2D eigenvalue weighted by molar-refractivity contribution is 5.76. The smallest absolute Gasteiger partial charge is 0.220 e. The van der Waals surface area contributed by atoms with E-state index in [9.17, 15) is 4.79 Å². The zero-order valence-corrected chi connectivity index (χ0v) is 11.4. The van der Waals surface area contributed by atoms with Gasteiger partial charge in [0.25, 0.3) is 0 Å². The summed E-state index contributed by atoms with van der Waals surface area (Å²) in [4.78, 5) is 11.7.